The summed E-state index contributed by atoms with van der Waals surface area (Å²) in [5.41, 5.74) is 7.19. The van der Waals surface area contributed by atoms with Crippen LogP contribution in [-0.2, 0) is 19.2 Å². The third kappa shape index (κ3) is 6.78. The maximum Gasteiger partial charge on any atom is 0.303 e. The minimum Gasteiger partial charge on any atom is -0.481 e. The fourth-order valence-corrected chi connectivity index (χ4v) is 7.26. The Morgan fingerprint density at radius 1 is 0.837 bits per heavy atom. The second-order valence-electron chi connectivity index (χ2n) is 12.4. The van der Waals surface area contributed by atoms with Crippen LogP contribution in [0.1, 0.15) is 92.9 Å². The molecule has 2 amide bonds. The number of nitrogens with zero attached hydrogens (tertiary/aromatic N) is 1. The van der Waals surface area contributed by atoms with E-state index < -0.39 is 11.9 Å². The molecule has 5 N–H and O–H groups in total. The van der Waals surface area contributed by atoms with Crippen LogP contribution in [0.25, 0.3) is 0 Å². The minimum absolute atomic E-state index is 0.0181. The van der Waals surface area contributed by atoms with Crippen LogP contribution in [0.3, 0.4) is 0 Å². The molecule has 6 unspecified atom stereocenters. The summed E-state index contributed by atoms with van der Waals surface area (Å²) in [5, 5.41) is 28.8. The van der Waals surface area contributed by atoms with Crippen LogP contribution >= 0.6 is 0 Å². The van der Waals surface area contributed by atoms with Gasteiger partial charge in [0.05, 0.1) is 17.8 Å². The summed E-state index contributed by atoms with van der Waals surface area (Å²) in [5.74, 6) is -1.55. The summed E-state index contributed by atoms with van der Waals surface area (Å²) in [7, 11) is 0. The fraction of sp³-hybridized carbons (Fsp3) is 0.606. The molecule has 4 aliphatic heterocycles. The number of aliphatic imine (C=N–C) groups is 1. The van der Waals surface area contributed by atoms with Crippen LogP contribution in [0.15, 0.2) is 50.2 Å². The second kappa shape index (κ2) is 13.3. The van der Waals surface area contributed by atoms with E-state index in [0.29, 0.717) is 37.8 Å². The molecule has 0 aromatic rings. The lowest BCUT2D eigenvalue weighted by Crippen LogP contribution is -2.37. The molecule has 1 saturated heterocycles. The quantitative estimate of drug-likeness (QED) is 0.214. The van der Waals surface area contributed by atoms with Gasteiger partial charge in [0, 0.05) is 42.1 Å². The Kier molecular flexibility index (Phi) is 9.97. The Balaban J connectivity index is 1.65. The summed E-state index contributed by atoms with van der Waals surface area (Å²) < 4.78 is 0. The van der Waals surface area contributed by atoms with Gasteiger partial charge in [0.15, 0.2) is 0 Å². The third-order valence-corrected chi connectivity index (χ3v) is 9.94. The van der Waals surface area contributed by atoms with Crippen LogP contribution in [0.4, 0.5) is 0 Å². The van der Waals surface area contributed by atoms with Crippen molar-refractivity contribution in [1.29, 1.82) is 0 Å². The highest BCUT2D eigenvalue weighted by atomic mass is 16.4. The average molecular weight is 595 g/mol. The summed E-state index contributed by atoms with van der Waals surface area (Å²) in [6, 6.07) is -0.389. The van der Waals surface area contributed by atoms with Gasteiger partial charge >= 0.3 is 11.9 Å². The van der Waals surface area contributed by atoms with E-state index in [1.807, 2.05) is 40.7 Å². The van der Waals surface area contributed by atoms with Crippen LogP contribution in [0.5, 0.6) is 0 Å². The predicted molar refractivity (Wildman–Crippen MR) is 164 cm³/mol. The molecule has 6 atom stereocenters. The van der Waals surface area contributed by atoms with Gasteiger partial charge in [-0.15, -0.1) is 0 Å². The van der Waals surface area contributed by atoms with Gasteiger partial charge < -0.3 is 26.2 Å². The highest BCUT2D eigenvalue weighted by Crippen LogP contribution is 2.37. The number of allylic oxidation sites excluding steroid dienone is 3. The van der Waals surface area contributed by atoms with Crippen molar-refractivity contribution in [2.45, 2.75) is 117 Å². The van der Waals surface area contributed by atoms with Crippen molar-refractivity contribution in [3.63, 3.8) is 0 Å². The maximum atomic E-state index is 12.5. The number of nitrogens with one attached hydrogen (secondary N) is 3. The first-order chi connectivity index (χ1) is 20.4. The third-order valence-electron chi connectivity index (χ3n) is 9.94. The molecular formula is C33H46N4O6. The SMILES string of the molecule is CCC1=C(C)C(CC2N=C(C=C3NC(CC4NC(=O)C(C)C4CC)C(C)=C3CCC(=O)O)C(CCC(=O)O)=C2C)NC1=O. The molecule has 4 heterocycles. The van der Waals surface area contributed by atoms with Crippen molar-refractivity contribution in [2.75, 3.05) is 0 Å². The lowest BCUT2D eigenvalue weighted by molar-refractivity contribution is -0.137. The molecule has 234 valence electrons. The van der Waals surface area contributed by atoms with Gasteiger partial charge in [-0.1, -0.05) is 27.2 Å². The number of hydrogen-bond donors (Lipinski definition) is 5. The number of amides is 2. The van der Waals surface area contributed by atoms with Gasteiger partial charge in [-0.25, -0.2) is 0 Å². The first-order valence-electron chi connectivity index (χ1n) is 15.6. The largest absolute Gasteiger partial charge is 0.481 e. The molecule has 43 heavy (non-hydrogen) atoms. The lowest BCUT2D eigenvalue weighted by atomic mass is 9.85. The summed E-state index contributed by atoms with van der Waals surface area (Å²) in [6.45, 7) is 12.0. The Morgan fingerprint density at radius 3 is 2.02 bits per heavy atom. The topological polar surface area (TPSA) is 157 Å². The van der Waals surface area contributed by atoms with Crippen LogP contribution < -0.4 is 16.0 Å². The highest BCUT2D eigenvalue weighted by molar-refractivity contribution is 6.11. The summed E-state index contributed by atoms with van der Waals surface area (Å²) in [4.78, 5) is 53.0. The number of carbonyl (C=O) groups excluding carboxylic acids is 2. The van der Waals surface area contributed by atoms with Crippen molar-refractivity contribution < 1.29 is 29.4 Å². The predicted octanol–water partition coefficient (Wildman–Crippen LogP) is 4.19. The van der Waals surface area contributed by atoms with Crippen LogP contribution in [-0.4, -0.2) is 63.8 Å². The summed E-state index contributed by atoms with van der Waals surface area (Å²) >= 11 is 0. The molecule has 0 saturated carbocycles. The molecule has 0 aromatic heterocycles. The number of aliphatic carboxylic acids is 2. The van der Waals surface area contributed by atoms with Crippen molar-refractivity contribution in [3.8, 4) is 0 Å². The standard InChI is InChI=1S/C33H46N4O6/c1-7-20-19(6)32(42)37-27(20)14-25-18(5)23(10-12-31(40)41)29(35-25)15-28-22(9-11-30(38)39)17(4)24(34-28)13-26-16(3)21(8-2)33(43)36-26/h15,19-20,24-27,35H,7-14H2,1-6H3,(H,36,43)(H,37,42)(H,38,39)(H,40,41). The lowest BCUT2D eigenvalue weighted by Gasteiger charge is -2.24. The van der Waals surface area contributed by atoms with Crippen molar-refractivity contribution in [3.05, 3.63) is 45.2 Å². The van der Waals surface area contributed by atoms with E-state index in [-0.39, 0.29) is 60.7 Å². The molecule has 10 nitrogen and oxygen atoms in total. The smallest absolute Gasteiger partial charge is 0.303 e. The van der Waals surface area contributed by atoms with E-state index in [0.717, 1.165) is 45.6 Å². The number of carboxylic acids is 2. The van der Waals surface area contributed by atoms with E-state index in [4.69, 9.17) is 4.99 Å². The van der Waals surface area contributed by atoms with E-state index in [2.05, 4.69) is 22.9 Å². The number of rotatable bonds is 13. The van der Waals surface area contributed by atoms with Gasteiger partial charge in [0.1, 0.15) is 0 Å². The monoisotopic (exact) mass is 594 g/mol. The minimum atomic E-state index is -0.888. The van der Waals surface area contributed by atoms with Gasteiger partial charge in [-0.05, 0) is 92.7 Å². The molecule has 0 spiro atoms. The first kappa shape index (κ1) is 32.2. The Labute approximate surface area is 253 Å². The Hall–Kier alpha value is -3.69. The maximum absolute atomic E-state index is 12.5. The van der Waals surface area contributed by atoms with Crippen LogP contribution in [0.2, 0.25) is 0 Å². The Morgan fingerprint density at radius 2 is 1.44 bits per heavy atom. The van der Waals surface area contributed by atoms with Gasteiger partial charge in [-0.3, -0.25) is 24.2 Å². The molecular weight excluding hydrogens is 548 g/mol. The van der Waals surface area contributed by atoms with E-state index in [1.165, 1.54) is 0 Å². The zero-order valence-electron chi connectivity index (χ0n) is 26.2. The number of hydrogen-bond acceptors (Lipinski definition) is 6. The normalized spacial score (nSPS) is 29.9. The molecule has 1 fully saturated rings. The molecule has 0 aliphatic carbocycles. The number of carboxylic acid groups (broad SMARTS) is 2. The second-order valence-corrected chi connectivity index (χ2v) is 12.4. The molecule has 0 aromatic carbocycles. The molecule has 4 aliphatic rings. The van der Waals surface area contributed by atoms with E-state index >= 15 is 0 Å². The van der Waals surface area contributed by atoms with Crippen molar-refractivity contribution >= 4 is 29.5 Å². The Bertz CT molecular complexity index is 1350. The molecule has 0 radical (unpaired) electrons. The zero-order valence-corrected chi connectivity index (χ0v) is 26.2. The van der Waals surface area contributed by atoms with E-state index in [1.54, 1.807) is 0 Å². The molecule has 4 rings (SSSR count). The highest BCUT2D eigenvalue weighted by Gasteiger charge is 2.41. The van der Waals surface area contributed by atoms with Crippen molar-refractivity contribution in [1.82, 2.24) is 16.0 Å². The van der Waals surface area contributed by atoms with Gasteiger partial charge in [0.2, 0.25) is 11.8 Å². The number of carbonyl (C=O) groups is 4. The van der Waals surface area contributed by atoms with Gasteiger partial charge in [0.25, 0.3) is 0 Å². The molecule has 0 bridgehead atoms. The average Bonchev–Trinajstić information content (AvgIpc) is 3.59. The van der Waals surface area contributed by atoms with Gasteiger partial charge in [-0.2, -0.15) is 0 Å². The summed E-state index contributed by atoms with van der Waals surface area (Å²) in [6.07, 6.45) is 5.41. The molecule has 10 heteroatoms. The van der Waals surface area contributed by atoms with Crippen molar-refractivity contribution in [2.24, 2.45) is 16.8 Å². The zero-order chi connectivity index (χ0) is 31.6. The van der Waals surface area contributed by atoms with Crippen LogP contribution in [0, 0.1) is 11.8 Å². The fourth-order valence-electron chi connectivity index (χ4n) is 7.26. The van der Waals surface area contributed by atoms with E-state index in [9.17, 15) is 29.4 Å². The first-order valence-corrected chi connectivity index (χ1v) is 15.6.